The van der Waals surface area contributed by atoms with E-state index in [0.717, 1.165) is 22.4 Å². The summed E-state index contributed by atoms with van der Waals surface area (Å²) in [5.41, 5.74) is 8.19. The summed E-state index contributed by atoms with van der Waals surface area (Å²) in [6.07, 6.45) is 4.36. The first-order valence-electron chi connectivity index (χ1n) is 6.31. The van der Waals surface area contributed by atoms with E-state index >= 15 is 0 Å². The molecule has 2 aromatic heterocycles. The fraction of sp³-hybridized carbons (Fsp3) is 0.200. The van der Waals surface area contributed by atoms with E-state index in [1.807, 2.05) is 42.1 Å². The lowest BCUT2D eigenvalue weighted by Crippen LogP contribution is -2.18. The summed E-state index contributed by atoms with van der Waals surface area (Å²) < 4.78 is 1.95. The second-order valence-corrected chi connectivity index (χ2v) is 4.70. The molecule has 0 aliphatic carbocycles. The van der Waals surface area contributed by atoms with Crippen LogP contribution in [0.5, 0.6) is 0 Å². The summed E-state index contributed by atoms with van der Waals surface area (Å²) in [5.74, 6) is 0.884. The molecule has 0 bridgehead atoms. The topological polar surface area (TPSA) is 56.7 Å². The van der Waals surface area contributed by atoms with Crippen LogP contribution in [-0.2, 0) is 13.5 Å². The number of pyridine rings is 1. The van der Waals surface area contributed by atoms with Gasteiger partial charge in [-0.25, -0.2) is 4.98 Å². The van der Waals surface area contributed by atoms with Crippen LogP contribution in [0.15, 0.2) is 48.8 Å². The van der Waals surface area contributed by atoms with Gasteiger partial charge in [0.2, 0.25) is 0 Å². The van der Waals surface area contributed by atoms with Gasteiger partial charge in [-0.1, -0.05) is 24.3 Å². The largest absolute Gasteiger partial charge is 0.337 e. The van der Waals surface area contributed by atoms with E-state index in [9.17, 15) is 0 Å². The maximum absolute atomic E-state index is 6.19. The number of nitrogens with zero attached hydrogens (tertiary/aromatic N) is 3. The third kappa shape index (κ3) is 2.35. The summed E-state index contributed by atoms with van der Waals surface area (Å²) in [6, 6.07) is 12.1. The van der Waals surface area contributed by atoms with Crippen LogP contribution in [-0.4, -0.2) is 14.5 Å². The molecule has 19 heavy (non-hydrogen) atoms. The SMILES string of the molecule is Cn1ccnc1C(N)Cc1ccc2ccccc2n1. The number of rotatable bonds is 3. The third-order valence-corrected chi connectivity index (χ3v) is 3.28. The Balaban J connectivity index is 1.87. The third-order valence-electron chi connectivity index (χ3n) is 3.28. The molecule has 2 N–H and O–H groups in total. The van der Waals surface area contributed by atoms with Crippen LogP contribution < -0.4 is 5.73 Å². The van der Waals surface area contributed by atoms with Gasteiger partial charge < -0.3 is 10.3 Å². The quantitative estimate of drug-likeness (QED) is 0.777. The Bertz CT molecular complexity index is 702. The molecule has 96 valence electrons. The maximum atomic E-state index is 6.19. The van der Waals surface area contributed by atoms with Crippen LogP contribution >= 0.6 is 0 Å². The number of para-hydroxylation sites is 1. The molecule has 3 aromatic rings. The molecular formula is C15H16N4. The molecule has 4 heteroatoms. The van der Waals surface area contributed by atoms with Gasteiger partial charge in [0, 0.05) is 36.9 Å². The lowest BCUT2D eigenvalue weighted by atomic mass is 10.1. The molecule has 2 heterocycles. The van der Waals surface area contributed by atoms with Crippen molar-refractivity contribution < 1.29 is 0 Å². The first-order valence-corrected chi connectivity index (χ1v) is 6.31. The van der Waals surface area contributed by atoms with Crippen LogP contribution in [0.25, 0.3) is 10.9 Å². The van der Waals surface area contributed by atoms with Crippen molar-refractivity contribution in [3.63, 3.8) is 0 Å². The maximum Gasteiger partial charge on any atom is 0.125 e. The average molecular weight is 252 g/mol. The van der Waals surface area contributed by atoms with E-state index < -0.39 is 0 Å². The van der Waals surface area contributed by atoms with Gasteiger partial charge in [-0.05, 0) is 12.1 Å². The fourth-order valence-electron chi connectivity index (χ4n) is 2.27. The van der Waals surface area contributed by atoms with Gasteiger partial charge in [0.05, 0.1) is 11.6 Å². The highest BCUT2D eigenvalue weighted by atomic mass is 15.1. The Labute approximate surface area is 111 Å². The molecule has 0 saturated heterocycles. The number of hydrogen-bond donors (Lipinski definition) is 1. The summed E-state index contributed by atoms with van der Waals surface area (Å²) in [7, 11) is 1.95. The predicted octanol–water partition coefficient (Wildman–Crippen LogP) is 2.21. The number of aryl methyl sites for hydroxylation is 1. The average Bonchev–Trinajstić information content (AvgIpc) is 2.85. The number of imidazole rings is 1. The van der Waals surface area contributed by atoms with E-state index in [0.29, 0.717) is 6.42 Å². The van der Waals surface area contributed by atoms with Gasteiger partial charge in [0.25, 0.3) is 0 Å². The minimum absolute atomic E-state index is 0.131. The molecule has 1 aromatic carbocycles. The number of fused-ring (bicyclic) bond motifs is 1. The summed E-state index contributed by atoms with van der Waals surface area (Å²) in [4.78, 5) is 8.92. The highest BCUT2D eigenvalue weighted by Gasteiger charge is 2.12. The Morgan fingerprint density at radius 1 is 1.21 bits per heavy atom. The van der Waals surface area contributed by atoms with Crippen LogP contribution in [0.2, 0.25) is 0 Å². The van der Waals surface area contributed by atoms with E-state index in [-0.39, 0.29) is 6.04 Å². The number of benzene rings is 1. The normalized spacial score (nSPS) is 12.7. The Morgan fingerprint density at radius 2 is 2.05 bits per heavy atom. The van der Waals surface area contributed by atoms with Gasteiger partial charge in [0.15, 0.2) is 0 Å². The number of aromatic nitrogens is 3. The second kappa shape index (κ2) is 4.82. The molecule has 0 saturated carbocycles. The lowest BCUT2D eigenvalue weighted by Gasteiger charge is -2.11. The van der Waals surface area contributed by atoms with Gasteiger partial charge >= 0.3 is 0 Å². The zero-order valence-electron chi connectivity index (χ0n) is 10.8. The molecule has 0 aliphatic rings. The number of nitrogens with two attached hydrogens (primary N) is 1. The van der Waals surface area contributed by atoms with Crippen molar-refractivity contribution in [3.8, 4) is 0 Å². The van der Waals surface area contributed by atoms with Crippen LogP contribution in [0.4, 0.5) is 0 Å². The molecule has 0 aliphatic heterocycles. The van der Waals surface area contributed by atoms with Gasteiger partial charge in [-0.2, -0.15) is 0 Å². The smallest absolute Gasteiger partial charge is 0.125 e. The monoisotopic (exact) mass is 252 g/mol. The van der Waals surface area contributed by atoms with Gasteiger partial charge in [0.1, 0.15) is 5.82 Å². The fourth-order valence-corrected chi connectivity index (χ4v) is 2.27. The molecule has 0 amide bonds. The molecule has 1 atom stereocenters. The predicted molar refractivity (Wildman–Crippen MR) is 75.6 cm³/mol. The summed E-state index contributed by atoms with van der Waals surface area (Å²) in [5, 5.41) is 1.15. The van der Waals surface area contributed by atoms with Crippen LogP contribution in [0.1, 0.15) is 17.6 Å². The first-order chi connectivity index (χ1) is 9.24. The van der Waals surface area contributed by atoms with E-state index in [1.165, 1.54) is 0 Å². The van der Waals surface area contributed by atoms with Crippen molar-refractivity contribution in [2.75, 3.05) is 0 Å². The van der Waals surface area contributed by atoms with Crippen molar-refractivity contribution in [1.29, 1.82) is 0 Å². The second-order valence-electron chi connectivity index (χ2n) is 4.70. The standard InChI is InChI=1S/C15H16N4/c1-19-9-8-17-15(19)13(16)10-12-7-6-11-4-2-3-5-14(11)18-12/h2-9,13H,10,16H2,1H3. The molecule has 4 nitrogen and oxygen atoms in total. The minimum atomic E-state index is -0.131. The number of hydrogen-bond acceptors (Lipinski definition) is 3. The van der Waals surface area contributed by atoms with Crippen molar-refractivity contribution in [2.45, 2.75) is 12.5 Å². The lowest BCUT2D eigenvalue weighted by molar-refractivity contribution is 0.625. The summed E-state index contributed by atoms with van der Waals surface area (Å²) >= 11 is 0. The zero-order valence-corrected chi connectivity index (χ0v) is 10.8. The molecule has 0 spiro atoms. The molecule has 0 radical (unpaired) electrons. The highest BCUT2D eigenvalue weighted by Crippen LogP contribution is 2.16. The van der Waals surface area contributed by atoms with Crippen molar-refractivity contribution in [1.82, 2.24) is 14.5 Å². The van der Waals surface area contributed by atoms with Gasteiger partial charge in [-0.15, -0.1) is 0 Å². The Hall–Kier alpha value is -2.20. The van der Waals surface area contributed by atoms with E-state index in [1.54, 1.807) is 6.20 Å². The first kappa shape index (κ1) is 11.9. The Kier molecular flexibility index (Phi) is 3.01. The van der Waals surface area contributed by atoms with Crippen LogP contribution in [0.3, 0.4) is 0 Å². The van der Waals surface area contributed by atoms with E-state index in [2.05, 4.69) is 22.1 Å². The zero-order chi connectivity index (χ0) is 13.2. The van der Waals surface area contributed by atoms with Crippen molar-refractivity contribution >= 4 is 10.9 Å². The van der Waals surface area contributed by atoms with Crippen LogP contribution in [0, 0.1) is 0 Å². The molecule has 1 unspecified atom stereocenters. The van der Waals surface area contributed by atoms with E-state index in [4.69, 9.17) is 5.73 Å². The summed E-state index contributed by atoms with van der Waals surface area (Å²) in [6.45, 7) is 0. The highest BCUT2D eigenvalue weighted by molar-refractivity contribution is 5.78. The molecule has 3 rings (SSSR count). The minimum Gasteiger partial charge on any atom is -0.337 e. The van der Waals surface area contributed by atoms with Gasteiger partial charge in [-0.3, -0.25) is 4.98 Å². The molecule has 0 fully saturated rings. The molecular weight excluding hydrogens is 236 g/mol. The Morgan fingerprint density at radius 3 is 2.84 bits per heavy atom. The van der Waals surface area contributed by atoms with Crippen molar-refractivity contribution in [3.05, 3.63) is 60.3 Å². The van der Waals surface area contributed by atoms with Crippen molar-refractivity contribution in [2.24, 2.45) is 12.8 Å².